The summed E-state index contributed by atoms with van der Waals surface area (Å²) in [5, 5.41) is 9.76. The molecule has 0 aromatic heterocycles. The third-order valence-corrected chi connectivity index (χ3v) is 5.27. The van der Waals surface area contributed by atoms with Gasteiger partial charge in [0.2, 0.25) is 11.5 Å². The highest BCUT2D eigenvalue weighted by Gasteiger charge is 2.45. The van der Waals surface area contributed by atoms with E-state index in [1.807, 2.05) is 25.1 Å². The van der Waals surface area contributed by atoms with E-state index in [9.17, 15) is 14.7 Å². The lowest BCUT2D eigenvalue weighted by atomic mass is 9.90. The van der Waals surface area contributed by atoms with Gasteiger partial charge in [-0.2, -0.15) is 0 Å². The summed E-state index contributed by atoms with van der Waals surface area (Å²) < 4.78 is 5.95. The molecular formula is C19H26N2O4. The fourth-order valence-electron chi connectivity index (χ4n) is 3.59. The molecule has 3 rings (SSSR count). The Hall–Kier alpha value is -2.08. The molecule has 2 aliphatic rings. The second-order valence-corrected chi connectivity index (χ2v) is 7.03. The van der Waals surface area contributed by atoms with E-state index in [1.165, 1.54) is 0 Å². The summed E-state index contributed by atoms with van der Waals surface area (Å²) in [6.07, 6.45) is 2.92. The fraction of sp³-hybridized carbons (Fsp3) is 0.579. The van der Waals surface area contributed by atoms with Crippen LogP contribution in [-0.2, 0) is 9.59 Å². The van der Waals surface area contributed by atoms with E-state index in [2.05, 4.69) is 4.90 Å². The van der Waals surface area contributed by atoms with Crippen LogP contribution in [0.25, 0.3) is 0 Å². The number of rotatable bonds is 5. The molecule has 2 saturated heterocycles. The number of ether oxygens (including phenoxy) is 1. The molecule has 0 unspecified atom stereocenters. The molecule has 1 amide bonds. The fourth-order valence-corrected chi connectivity index (χ4v) is 3.59. The summed E-state index contributed by atoms with van der Waals surface area (Å²) in [5.74, 6) is -0.263. The van der Waals surface area contributed by atoms with Crippen LogP contribution in [0.15, 0.2) is 24.3 Å². The van der Waals surface area contributed by atoms with Crippen molar-refractivity contribution in [1.82, 2.24) is 9.80 Å². The Balaban J connectivity index is 1.63. The number of carboxylic acid groups (broad SMARTS) is 1. The van der Waals surface area contributed by atoms with Crippen molar-refractivity contribution in [3.63, 3.8) is 0 Å². The Morgan fingerprint density at radius 1 is 1.12 bits per heavy atom. The summed E-state index contributed by atoms with van der Waals surface area (Å²) in [7, 11) is 0. The lowest BCUT2D eigenvalue weighted by Gasteiger charge is -2.39. The molecule has 25 heavy (non-hydrogen) atoms. The van der Waals surface area contributed by atoms with Gasteiger partial charge in [0, 0.05) is 25.9 Å². The van der Waals surface area contributed by atoms with Crippen molar-refractivity contribution in [2.45, 2.75) is 38.2 Å². The number of carbonyl (C=O) groups is 2. The van der Waals surface area contributed by atoms with Crippen LogP contribution < -0.4 is 4.74 Å². The monoisotopic (exact) mass is 346 g/mol. The van der Waals surface area contributed by atoms with E-state index in [0.717, 1.165) is 31.5 Å². The van der Waals surface area contributed by atoms with E-state index in [0.29, 0.717) is 38.2 Å². The third kappa shape index (κ3) is 3.95. The van der Waals surface area contributed by atoms with Gasteiger partial charge in [0.25, 0.3) is 0 Å². The molecule has 0 spiro atoms. The SMILES string of the molecule is Cc1ccccc1OC1(C(=O)O)CCN(C(=O)CN2CCCC2)CC1. The van der Waals surface area contributed by atoms with Crippen LogP contribution in [0.4, 0.5) is 0 Å². The second-order valence-electron chi connectivity index (χ2n) is 7.03. The first-order chi connectivity index (χ1) is 12.0. The topological polar surface area (TPSA) is 70.1 Å². The molecular weight excluding hydrogens is 320 g/mol. The maximum Gasteiger partial charge on any atom is 0.348 e. The number of piperidine rings is 1. The van der Waals surface area contributed by atoms with E-state index in [-0.39, 0.29) is 5.91 Å². The van der Waals surface area contributed by atoms with Gasteiger partial charge < -0.3 is 14.7 Å². The largest absolute Gasteiger partial charge is 0.478 e. The van der Waals surface area contributed by atoms with Crippen molar-refractivity contribution in [1.29, 1.82) is 0 Å². The van der Waals surface area contributed by atoms with E-state index < -0.39 is 11.6 Å². The Kier molecular flexibility index (Phi) is 5.27. The predicted molar refractivity (Wildman–Crippen MR) is 93.7 cm³/mol. The minimum absolute atomic E-state index is 0.0942. The normalized spacial score (nSPS) is 20.4. The Morgan fingerprint density at radius 2 is 1.76 bits per heavy atom. The number of carboxylic acids is 1. The van der Waals surface area contributed by atoms with Gasteiger partial charge in [0.15, 0.2) is 0 Å². The lowest BCUT2D eigenvalue weighted by Crippen LogP contribution is -2.55. The van der Waals surface area contributed by atoms with Crippen LogP contribution in [-0.4, -0.2) is 65.1 Å². The van der Waals surface area contributed by atoms with Crippen LogP contribution in [0.5, 0.6) is 5.75 Å². The molecule has 136 valence electrons. The van der Waals surface area contributed by atoms with Gasteiger partial charge in [0.1, 0.15) is 5.75 Å². The zero-order valence-corrected chi connectivity index (χ0v) is 14.7. The maximum atomic E-state index is 12.4. The number of amides is 1. The number of hydrogen-bond donors (Lipinski definition) is 1. The average Bonchev–Trinajstić information content (AvgIpc) is 3.10. The van der Waals surface area contributed by atoms with Gasteiger partial charge in [-0.1, -0.05) is 18.2 Å². The van der Waals surface area contributed by atoms with Crippen molar-refractivity contribution < 1.29 is 19.4 Å². The van der Waals surface area contributed by atoms with E-state index in [4.69, 9.17) is 4.74 Å². The number of benzene rings is 1. The molecule has 1 N–H and O–H groups in total. The van der Waals surface area contributed by atoms with E-state index in [1.54, 1.807) is 11.0 Å². The molecule has 1 aromatic carbocycles. The van der Waals surface area contributed by atoms with Crippen LogP contribution in [0, 0.1) is 6.92 Å². The highest BCUT2D eigenvalue weighted by atomic mass is 16.5. The molecule has 1 aromatic rings. The zero-order valence-electron chi connectivity index (χ0n) is 14.7. The predicted octanol–water partition coefficient (Wildman–Crippen LogP) is 1.92. The molecule has 0 bridgehead atoms. The minimum atomic E-state index is -1.25. The van der Waals surface area contributed by atoms with E-state index >= 15 is 0 Å². The van der Waals surface area contributed by atoms with Gasteiger partial charge >= 0.3 is 5.97 Å². The molecule has 6 heteroatoms. The highest BCUT2D eigenvalue weighted by Crippen LogP contribution is 2.31. The zero-order chi connectivity index (χ0) is 17.9. The average molecular weight is 346 g/mol. The molecule has 0 saturated carbocycles. The van der Waals surface area contributed by atoms with Gasteiger partial charge in [-0.05, 0) is 44.5 Å². The number of likely N-dealkylation sites (tertiary alicyclic amines) is 2. The summed E-state index contributed by atoms with van der Waals surface area (Å²) in [4.78, 5) is 28.3. The molecule has 0 radical (unpaired) electrons. The number of aliphatic carboxylic acids is 1. The van der Waals surface area contributed by atoms with Crippen LogP contribution in [0.2, 0.25) is 0 Å². The molecule has 2 aliphatic heterocycles. The number of nitrogens with zero attached hydrogens (tertiary/aromatic N) is 2. The Labute approximate surface area is 148 Å². The van der Waals surface area contributed by atoms with Crippen LogP contribution in [0.1, 0.15) is 31.2 Å². The van der Waals surface area contributed by atoms with Crippen molar-refractivity contribution in [2.75, 3.05) is 32.7 Å². The number of carbonyl (C=O) groups excluding carboxylic acids is 1. The summed E-state index contributed by atoms with van der Waals surface area (Å²) in [6, 6.07) is 7.44. The van der Waals surface area contributed by atoms with Crippen molar-refractivity contribution in [3.05, 3.63) is 29.8 Å². The first-order valence-electron chi connectivity index (χ1n) is 8.98. The van der Waals surface area contributed by atoms with Crippen LogP contribution >= 0.6 is 0 Å². The Bertz CT molecular complexity index is 632. The van der Waals surface area contributed by atoms with Gasteiger partial charge in [0.05, 0.1) is 6.54 Å². The van der Waals surface area contributed by atoms with Gasteiger partial charge in [-0.3, -0.25) is 9.69 Å². The maximum absolute atomic E-state index is 12.4. The molecule has 6 nitrogen and oxygen atoms in total. The summed E-state index contributed by atoms with van der Waals surface area (Å²) >= 11 is 0. The quantitative estimate of drug-likeness (QED) is 0.882. The minimum Gasteiger partial charge on any atom is -0.478 e. The van der Waals surface area contributed by atoms with Crippen LogP contribution in [0.3, 0.4) is 0 Å². The van der Waals surface area contributed by atoms with Gasteiger partial charge in [-0.15, -0.1) is 0 Å². The van der Waals surface area contributed by atoms with Crippen molar-refractivity contribution in [3.8, 4) is 5.75 Å². The van der Waals surface area contributed by atoms with Crippen molar-refractivity contribution >= 4 is 11.9 Å². The van der Waals surface area contributed by atoms with Crippen molar-refractivity contribution in [2.24, 2.45) is 0 Å². The lowest BCUT2D eigenvalue weighted by molar-refractivity contribution is -0.162. The first kappa shape index (κ1) is 17.7. The Morgan fingerprint density at radius 3 is 2.36 bits per heavy atom. The molecule has 2 fully saturated rings. The second kappa shape index (κ2) is 7.44. The molecule has 0 atom stereocenters. The van der Waals surface area contributed by atoms with Gasteiger partial charge in [-0.25, -0.2) is 4.79 Å². The summed E-state index contributed by atoms with van der Waals surface area (Å²) in [5.41, 5.74) is -0.341. The first-order valence-corrected chi connectivity index (χ1v) is 8.98. The molecule has 0 aliphatic carbocycles. The number of para-hydroxylation sites is 1. The molecule has 2 heterocycles. The number of hydrogen-bond acceptors (Lipinski definition) is 4. The number of aryl methyl sites for hydroxylation is 1. The smallest absolute Gasteiger partial charge is 0.348 e. The third-order valence-electron chi connectivity index (χ3n) is 5.27. The highest BCUT2D eigenvalue weighted by molar-refractivity contribution is 5.81. The summed E-state index contributed by atoms with van der Waals surface area (Å²) in [6.45, 7) is 5.15. The standard InChI is InChI=1S/C19H26N2O4/c1-15-6-2-3-7-16(15)25-19(18(23)24)8-12-21(13-9-19)17(22)14-20-10-4-5-11-20/h2-3,6-7H,4-5,8-14H2,1H3,(H,23,24).